The first kappa shape index (κ1) is 45.3. The molecule has 0 fully saturated rings. The summed E-state index contributed by atoms with van der Waals surface area (Å²) in [6.07, 6.45) is 0. The third-order valence-electron chi connectivity index (χ3n) is 13.5. The predicted octanol–water partition coefficient (Wildman–Crippen LogP) is 17.5. The number of rotatable bonds is 11. The highest BCUT2D eigenvalue weighted by molar-refractivity contribution is 6.12. The van der Waals surface area contributed by atoms with Crippen molar-refractivity contribution in [1.82, 2.24) is 14.5 Å². The number of anilines is 6. The first-order chi connectivity index (χ1) is 37.0. The fourth-order valence-electron chi connectivity index (χ4n) is 9.84. The second-order valence-corrected chi connectivity index (χ2v) is 18.0. The van der Waals surface area contributed by atoms with E-state index in [4.69, 9.17) is 16.5 Å². The summed E-state index contributed by atoms with van der Waals surface area (Å²) in [7, 11) is 0. The summed E-state index contributed by atoms with van der Waals surface area (Å²) in [6.45, 7) is 8.65. The molecule has 350 valence electrons. The molecule has 0 N–H and O–H groups in total. The Hall–Kier alpha value is -10.9. The van der Waals surface area contributed by atoms with Gasteiger partial charge in [0.05, 0.1) is 57.9 Å². The van der Waals surface area contributed by atoms with Crippen LogP contribution >= 0.6 is 0 Å². The molecule has 12 aromatic rings. The number of nitrogens with zero attached hydrogens (tertiary/aromatic N) is 8. The highest BCUT2D eigenvalue weighted by atomic mass is 15.2. The van der Waals surface area contributed by atoms with Gasteiger partial charge in [-0.15, -0.1) is 0 Å². The lowest BCUT2D eigenvalue weighted by molar-refractivity contribution is 1.18. The molecule has 0 aliphatic heterocycles. The molecule has 8 heteroatoms. The normalized spacial score (nSPS) is 10.9. The third kappa shape index (κ3) is 8.76. The van der Waals surface area contributed by atoms with E-state index in [0.717, 1.165) is 95.1 Å². The summed E-state index contributed by atoms with van der Waals surface area (Å²) >= 11 is 0. The van der Waals surface area contributed by atoms with Gasteiger partial charge in [-0.05, 0) is 151 Å². The van der Waals surface area contributed by atoms with Gasteiger partial charge in [0.25, 0.3) is 0 Å². The van der Waals surface area contributed by atoms with E-state index < -0.39 is 0 Å². The van der Waals surface area contributed by atoms with Crippen molar-refractivity contribution in [2.24, 2.45) is 0 Å². The van der Waals surface area contributed by atoms with E-state index in [2.05, 4.69) is 189 Å². The number of hydrogen-bond acceptors (Lipinski definition) is 6. The average molecular weight is 959 g/mol. The fraction of sp³-hybridized carbons (Fsp3) is 0. The average Bonchev–Trinajstić information content (AvgIpc) is 3.81. The summed E-state index contributed by atoms with van der Waals surface area (Å²) in [5.41, 5.74) is 16.4. The lowest BCUT2D eigenvalue weighted by Gasteiger charge is -2.26. The summed E-state index contributed by atoms with van der Waals surface area (Å²) in [5, 5.41) is 21.0. The molecular formula is C67H42N8. The van der Waals surface area contributed by atoms with Crippen molar-refractivity contribution in [3.05, 3.63) is 277 Å². The number of fused-ring (bicyclic) bond motifs is 3. The van der Waals surface area contributed by atoms with Crippen molar-refractivity contribution in [2.45, 2.75) is 0 Å². The monoisotopic (exact) mass is 958 g/mol. The molecule has 12 rings (SSSR count). The minimum Gasteiger partial charge on any atom is -0.319 e. The predicted molar refractivity (Wildman–Crippen MR) is 303 cm³/mol. The van der Waals surface area contributed by atoms with Gasteiger partial charge in [0, 0.05) is 61.6 Å². The Balaban J connectivity index is 0.971. The number of benzene rings is 10. The van der Waals surface area contributed by atoms with Crippen molar-refractivity contribution in [3.8, 4) is 62.9 Å². The Labute approximate surface area is 434 Å². The van der Waals surface area contributed by atoms with E-state index in [0.29, 0.717) is 28.3 Å². The van der Waals surface area contributed by atoms with Gasteiger partial charge in [0.1, 0.15) is 0 Å². The molecule has 0 spiro atoms. The maximum Gasteiger partial charge on any atom is 0.211 e. The van der Waals surface area contributed by atoms with Gasteiger partial charge in [-0.3, -0.25) is 0 Å². The van der Waals surface area contributed by atoms with Gasteiger partial charge in [0.2, 0.25) is 5.69 Å². The van der Waals surface area contributed by atoms with E-state index in [-0.39, 0.29) is 0 Å². The van der Waals surface area contributed by atoms with Gasteiger partial charge < -0.3 is 14.4 Å². The summed E-state index contributed by atoms with van der Waals surface area (Å²) in [6, 6.07) is 90.2. The van der Waals surface area contributed by atoms with Crippen LogP contribution in [0.15, 0.2) is 255 Å². The zero-order valence-electron chi connectivity index (χ0n) is 40.3. The zero-order valence-corrected chi connectivity index (χ0v) is 40.3. The van der Waals surface area contributed by atoms with Crippen LogP contribution in [0.3, 0.4) is 0 Å². The highest BCUT2D eigenvalue weighted by Crippen LogP contribution is 2.44. The minimum atomic E-state index is 0.517. The first-order valence-corrected chi connectivity index (χ1v) is 24.4. The Morgan fingerprint density at radius 2 is 0.760 bits per heavy atom. The first-order valence-electron chi connectivity index (χ1n) is 24.4. The van der Waals surface area contributed by atoms with Gasteiger partial charge in [-0.2, -0.15) is 10.5 Å². The van der Waals surface area contributed by atoms with E-state index in [1.165, 1.54) is 0 Å². The lowest BCUT2D eigenvalue weighted by Crippen LogP contribution is -2.09. The molecule has 0 saturated carbocycles. The van der Waals surface area contributed by atoms with Gasteiger partial charge in [0.15, 0.2) is 5.82 Å². The van der Waals surface area contributed by atoms with Crippen LogP contribution in [0.25, 0.3) is 77.4 Å². The van der Waals surface area contributed by atoms with Crippen LogP contribution in [0, 0.1) is 29.2 Å². The van der Waals surface area contributed by atoms with E-state index in [1.807, 2.05) is 72.8 Å². The fourth-order valence-corrected chi connectivity index (χ4v) is 9.84. The molecule has 2 heterocycles. The summed E-state index contributed by atoms with van der Waals surface area (Å²) in [5.74, 6) is 0.518. The van der Waals surface area contributed by atoms with Crippen LogP contribution in [-0.4, -0.2) is 14.5 Å². The maximum absolute atomic E-state index is 9.45. The smallest absolute Gasteiger partial charge is 0.211 e. The van der Waals surface area contributed by atoms with Crippen molar-refractivity contribution in [1.29, 1.82) is 10.5 Å². The van der Waals surface area contributed by atoms with Crippen LogP contribution in [0.1, 0.15) is 11.1 Å². The zero-order chi connectivity index (χ0) is 50.7. The van der Waals surface area contributed by atoms with Crippen molar-refractivity contribution < 1.29 is 0 Å². The number of para-hydroxylation sites is 4. The maximum atomic E-state index is 9.45. The van der Waals surface area contributed by atoms with Crippen LogP contribution < -0.4 is 9.80 Å². The summed E-state index contributed by atoms with van der Waals surface area (Å²) in [4.78, 5) is 18.7. The van der Waals surface area contributed by atoms with Crippen LogP contribution in [0.5, 0.6) is 0 Å². The molecule has 0 aliphatic rings. The number of nitriles is 2. The quantitative estimate of drug-likeness (QED) is 0.120. The topological polar surface area (TPSA) is 89.1 Å². The van der Waals surface area contributed by atoms with Crippen molar-refractivity contribution in [3.63, 3.8) is 0 Å². The SMILES string of the molecule is [C-]#[N+]c1cc(-c2ccc(-c3cc(-c4ccc(C#N)cc4)nc(-c4ccc(C#N)cc4)n3)cc2)ccc1-n1c2ccc(N(c3ccccc3)c3ccccc3)cc2c2cc(N(c3ccccc3)c3ccccc3)ccc21. The van der Waals surface area contributed by atoms with Crippen LogP contribution in [0.2, 0.25) is 0 Å². The molecule has 0 aliphatic carbocycles. The minimum absolute atomic E-state index is 0.517. The van der Waals surface area contributed by atoms with E-state index in [9.17, 15) is 10.5 Å². The third-order valence-corrected chi connectivity index (χ3v) is 13.5. The highest BCUT2D eigenvalue weighted by Gasteiger charge is 2.22. The molecule has 10 aromatic carbocycles. The van der Waals surface area contributed by atoms with Crippen LogP contribution in [-0.2, 0) is 0 Å². The lowest BCUT2D eigenvalue weighted by atomic mass is 10.0. The van der Waals surface area contributed by atoms with Gasteiger partial charge in [-0.25, -0.2) is 14.8 Å². The molecule has 0 unspecified atom stereocenters. The summed E-state index contributed by atoms with van der Waals surface area (Å²) < 4.78 is 2.23. The Bertz CT molecular complexity index is 3880. The van der Waals surface area contributed by atoms with Crippen molar-refractivity contribution >= 4 is 61.6 Å². The molecule has 2 aromatic heterocycles. The molecule has 0 saturated heterocycles. The van der Waals surface area contributed by atoms with Gasteiger partial charge in [-0.1, -0.05) is 115 Å². The van der Waals surface area contributed by atoms with E-state index in [1.54, 1.807) is 24.3 Å². The molecule has 75 heavy (non-hydrogen) atoms. The second kappa shape index (κ2) is 19.7. The van der Waals surface area contributed by atoms with E-state index >= 15 is 0 Å². The Morgan fingerprint density at radius 3 is 1.17 bits per heavy atom. The Kier molecular flexibility index (Phi) is 11.9. The van der Waals surface area contributed by atoms with Crippen molar-refractivity contribution in [2.75, 3.05) is 9.80 Å². The number of hydrogen-bond donors (Lipinski definition) is 0. The Morgan fingerprint density at radius 1 is 0.373 bits per heavy atom. The largest absolute Gasteiger partial charge is 0.319 e. The molecular weight excluding hydrogens is 917 g/mol. The number of aromatic nitrogens is 3. The molecule has 0 atom stereocenters. The second-order valence-electron chi connectivity index (χ2n) is 18.0. The molecule has 8 nitrogen and oxygen atoms in total. The molecule has 0 bridgehead atoms. The van der Waals surface area contributed by atoms with Crippen LogP contribution in [0.4, 0.5) is 39.8 Å². The molecule has 0 amide bonds. The van der Waals surface area contributed by atoms with Gasteiger partial charge >= 0.3 is 0 Å². The molecule has 0 radical (unpaired) electrons. The standard InChI is InChI=1S/C67H42N8/c1-70-63-40-52(48-30-32-50(33-31-48)62-43-61(49-26-22-46(44-68)23-27-49)71-67(72-62)51-28-24-47(45-69)25-29-51)34-37-66(63)75-64-38-35-57(73(53-14-6-2-7-15-53)54-16-8-3-9-17-54)41-59(64)60-42-58(36-39-65(60)75)74(55-18-10-4-11-19-55)56-20-12-5-13-21-56/h2-43H.